The third kappa shape index (κ3) is 2.16. The molecule has 0 saturated heterocycles. The van der Waals surface area contributed by atoms with Crippen molar-refractivity contribution in [2.45, 2.75) is 52.5 Å². The number of hydrogen-bond donors (Lipinski definition) is 2. The number of anilines is 1. The molecule has 0 saturated carbocycles. The van der Waals surface area contributed by atoms with Crippen LogP contribution in [-0.2, 0) is 16.6 Å². The molecule has 1 heterocycles. The molecule has 19 heavy (non-hydrogen) atoms. The largest absolute Gasteiger partial charge is 0.325 e. The van der Waals surface area contributed by atoms with E-state index in [4.69, 9.17) is 5.73 Å². The van der Waals surface area contributed by atoms with E-state index in [1.54, 1.807) is 0 Å². The summed E-state index contributed by atoms with van der Waals surface area (Å²) < 4.78 is 0. The molecule has 104 valence electrons. The SMILES string of the molecule is CCc1cc(C(N)C(C)C)cc2c1NC(=O)C2(C)C. The number of hydrogen-bond acceptors (Lipinski definition) is 2. The molecule has 1 aromatic rings. The summed E-state index contributed by atoms with van der Waals surface area (Å²) in [4.78, 5) is 12.1. The highest BCUT2D eigenvalue weighted by molar-refractivity contribution is 6.06. The predicted octanol–water partition coefficient (Wildman–Crippen LogP) is 3.13. The molecule has 1 aromatic carbocycles. The van der Waals surface area contributed by atoms with Crippen LogP contribution in [0.4, 0.5) is 5.69 Å². The third-order valence-corrected chi connectivity index (χ3v) is 4.21. The lowest BCUT2D eigenvalue weighted by Crippen LogP contribution is -2.27. The number of aryl methyl sites for hydroxylation is 1. The third-order valence-electron chi connectivity index (χ3n) is 4.21. The van der Waals surface area contributed by atoms with Crippen LogP contribution in [0.15, 0.2) is 12.1 Å². The minimum absolute atomic E-state index is 0.0158. The van der Waals surface area contributed by atoms with E-state index in [9.17, 15) is 4.79 Å². The minimum atomic E-state index is -0.466. The van der Waals surface area contributed by atoms with E-state index >= 15 is 0 Å². The molecule has 0 spiro atoms. The lowest BCUT2D eigenvalue weighted by atomic mass is 9.82. The Labute approximate surface area is 115 Å². The summed E-state index contributed by atoms with van der Waals surface area (Å²) >= 11 is 0. The quantitative estimate of drug-likeness (QED) is 0.877. The molecule has 1 amide bonds. The van der Waals surface area contributed by atoms with Crippen LogP contribution in [0.25, 0.3) is 0 Å². The average Bonchev–Trinajstić information content (AvgIpc) is 2.59. The Hall–Kier alpha value is -1.35. The van der Waals surface area contributed by atoms with Gasteiger partial charge in [0.15, 0.2) is 0 Å². The average molecular weight is 260 g/mol. The summed E-state index contributed by atoms with van der Waals surface area (Å²) in [6.45, 7) is 10.3. The maximum absolute atomic E-state index is 12.1. The van der Waals surface area contributed by atoms with Gasteiger partial charge < -0.3 is 11.1 Å². The molecule has 0 bridgehead atoms. The summed E-state index contributed by atoms with van der Waals surface area (Å²) in [6.07, 6.45) is 0.900. The highest BCUT2D eigenvalue weighted by atomic mass is 16.2. The van der Waals surface area contributed by atoms with E-state index < -0.39 is 5.41 Å². The van der Waals surface area contributed by atoms with Gasteiger partial charge in [0, 0.05) is 11.7 Å². The Balaban J connectivity index is 2.60. The fourth-order valence-corrected chi connectivity index (χ4v) is 2.62. The first kappa shape index (κ1) is 14.1. The molecule has 1 aliphatic rings. The first-order valence-corrected chi connectivity index (χ1v) is 7.03. The smallest absolute Gasteiger partial charge is 0.234 e. The van der Waals surface area contributed by atoms with Crippen LogP contribution in [0.3, 0.4) is 0 Å². The molecule has 3 nitrogen and oxygen atoms in total. The van der Waals surface area contributed by atoms with Gasteiger partial charge in [-0.05, 0) is 42.9 Å². The van der Waals surface area contributed by atoms with Crippen molar-refractivity contribution >= 4 is 11.6 Å². The van der Waals surface area contributed by atoms with E-state index in [2.05, 4.69) is 38.2 Å². The minimum Gasteiger partial charge on any atom is -0.325 e. The number of rotatable bonds is 3. The van der Waals surface area contributed by atoms with Crippen molar-refractivity contribution in [3.05, 3.63) is 28.8 Å². The molecular formula is C16H24N2O. The molecule has 0 fully saturated rings. The first-order valence-electron chi connectivity index (χ1n) is 7.03. The summed E-state index contributed by atoms with van der Waals surface area (Å²) in [5.41, 5.74) is 10.2. The lowest BCUT2D eigenvalue weighted by Gasteiger charge is -2.21. The molecule has 1 unspecified atom stereocenters. The second-order valence-corrected chi connectivity index (χ2v) is 6.31. The van der Waals surface area contributed by atoms with Crippen LogP contribution >= 0.6 is 0 Å². The number of nitrogens with two attached hydrogens (primary N) is 1. The number of carbonyl (C=O) groups excluding carboxylic acids is 1. The normalized spacial score (nSPS) is 18.4. The molecule has 3 heteroatoms. The van der Waals surface area contributed by atoms with Crippen LogP contribution < -0.4 is 11.1 Å². The Bertz CT molecular complexity index is 518. The molecule has 0 aromatic heterocycles. The highest BCUT2D eigenvalue weighted by Gasteiger charge is 2.39. The molecule has 3 N–H and O–H groups in total. The van der Waals surface area contributed by atoms with Crippen molar-refractivity contribution in [1.29, 1.82) is 0 Å². The van der Waals surface area contributed by atoms with E-state index in [0.29, 0.717) is 5.92 Å². The first-order chi connectivity index (χ1) is 8.78. The second-order valence-electron chi connectivity index (χ2n) is 6.31. The van der Waals surface area contributed by atoms with Gasteiger partial charge in [0.2, 0.25) is 5.91 Å². The van der Waals surface area contributed by atoms with Gasteiger partial charge in [0.05, 0.1) is 5.41 Å². The predicted molar refractivity (Wildman–Crippen MR) is 79.2 cm³/mol. The van der Waals surface area contributed by atoms with Crippen molar-refractivity contribution in [3.8, 4) is 0 Å². The number of fused-ring (bicyclic) bond motifs is 1. The van der Waals surface area contributed by atoms with Gasteiger partial charge >= 0.3 is 0 Å². The summed E-state index contributed by atoms with van der Waals surface area (Å²) in [7, 11) is 0. The van der Waals surface area contributed by atoms with Crippen LogP contribution in [-0.4, -0.2) is 5.91 Å². The van der Waals surface area contributed by atoms with Crippen LogP contribution in [0, 0.1) is 5.92 Å². The van der Waals surface area contributed by atoms with Gasteiger partial charge in [0.25, 0.3) is 0 Å². The monoisotopic (exact) mass is 260 g/mol. The second kappa shape index (κ2) is 4.64. The van der Waals surface area contributed by atoms with Crippen molar-refractivity contribution in [3.63, 3.8) is 0 Å². The zero-order valence-electron chi connectivity index (χ0n) is 12.5. The van der Waals surface area contributed by atoms with Crippen LogP contribution in [0.5, 0.6) is 0 Å². The Morgan fingerprint density at radius 1 is 1.32 bits per heavy atom. The molecule has 2 rings (SSSR count). The maximum Gasteiger partial charge on any atom is 0.234 e. The van der Waals surface area contributed by atoms with Gasteiger partial charge in [-0.25, -0.2) is 0 Å². The molecule has 1 aliphatic heterocycles. The molecule has 1 atom stereocenters. The van der Waals surface area contributed by atoms with E-state index in [1.165, 1.54) is 5.56 Å². The summed E-state index contributed by atoms with van der Waals surface area (Å²) in [6, 6.07) is 4.27. The molecule has 0 radical (unpaired) electrons. The zero-order valence-corrected chi connectivity index (χ0v) is 12.5. The van der Waals surface area contributed by atoms with E-state index in [1.807, 2.05) is 13.8 Å². The Kier molecular flexibility index (Phi) is 3.43. The van der Waals surface area contributed by atoms with Crippen LogP contribution in [0.2, 0.25) is 0 Å². The topological polar surface area (TPSA) is 55.1 Å². The zero-order chi connectivity index (χ0) is 14.4. The Morgan fingerprint density at radius 2 is 1.95 bits per heavy atom. The van der Waals surface area contributed by atoms with Gasteiger partial charge in [0.1, 0.15) is 0 Å². The number of benzene rings is 1. The number of amides is 1. The maximum atomic E-state index is 12.1. The van der Waals surface area contributed by atoms with Gasteiger partial charge in [-0.2, -0.15) is 0 Å². The van der Waals surface area contributed by atoms with Crippen molar-refractivity contribution < 1.29 is 4.79 Å². The van der Waals surface area contributed by atoms with Gasteiger partial charge in [-0.1, -0.05) is 32.9 Å². The fraction of sp³-hybridized carbons (Fsp3) is 0.562. The summed E-state index contributed by atoms with van der Waals surface area (Å²) in [5.74, 6) is 0.461. The lowest BCUT2D eigenvalue weighted by molar-refractivity contribution is -0.119. The molecular weight excluding hydrogens is 236 g/mol. The standard InChI is InChI=1S/C16H24N2O/c1-6-10-7-11(13(17)9(2)3)8-12-14(10)18-15(19)16(12,4)5/h7-9,13H,6,17H2,1-5H3,(H,18,19). The molecule has 0 aliphatic carbocycles. The van der Waals surface area contributed by atoms with Gasteiger partial charge in [-0.3, -0.25) is 4.79 Å². The van der Waals surface area contributed by atoms with E-state index in [0.717, 1.165) is 23.2 Å². The fourth-order valence-electron chi connectivity index (χ4n) is 2.62. The van der Waals surface area contributed by atoms with E-state index in [-0.39, 0.29) is 11.9 Å². The van der Waals surface area contributed by atoms with Crippen LogP contribution in [0.1, 0.15) is 57.4 Å². The van der Waals surface area contributed by atoms with Crippen molar-refractivity contribution in [2.24, 2.45) is 11.7 Å². The Morgan fingerprint density at radius 3 is 2.47 bits per heavy atom. The van der Waals surface area contributed by atoms with Gasteiger partial charge in [-0.15, -0.1) is 0 Å². The summed E-state index contributed by atoms with van der Waals surface area (Å²) in [5, 5.41) is 3.02. The number of carbonyl (C=O) groups is 1. The van der Waals surface area contributed by atoms with Crippen molar-refractivity contribution in [1.82, 2.24) is 0 Å². The highest BCUT2D eigenvalue weighted by Crippen LogP contribution is 2.41. The number of nitrogens with one attached hydrogen (secondary N) is 1. The van der Waals surface area contributed by atoms with Crippen molar-refractivity contribution in [2.75, 3.05) is 5.32 Å².